The summed E-state index contributed by atoms with van der Waals surface area (Å²) in [6, 6.07) is 14.7. The van der Waals surface area contributed by atoms with Crippen molar-refractivity contribution in [2.45, 2.75) is 97.3 Å². The number of unbranched alkanes of at least 4 members (excludes halogenated alkanes) is 2. The van der Waals surface area contributed by atoms with Gasteiger partial charge in [-0.1, -0.05) is 77.2 Å². The van der Waals surface area contributed by atoms with Crippen LogP contribution in [-0.2, 0) is 35.3 Å². The fourth-order valence-corrected chi connectivity index (χ4v) is 9.80. The smallest absolute Gasteiger partial charge is 0.409 e. The number of amides is 6. The van der Waals surface area contributed by atoms with Gasteiger partial charge in [0.2, 0.25) is 17.7 Å². The lowest BCUT2D eigenvalue weighted by molar-refractivity contribution is -0.137. The Balaban J connectivity index is 1.25. The molecule has 13 nitrogen and oxygen atoms in total. The van der Waals surface area contributed by atoms with E-state index in [0.29, 0.717) is 49.4 Å². The van der Waals surface area contributed by atoms with Gasteiger partial charge in [-0.25, -0.2) is 18.0 Å². The summed E-state index contributed by atoms with van der Waals surface area (Å²) in [5.74, 6) is -3.13. The van der Waals surface area contributed by atoms with Gasteiger partial charge in [-0.15, -0.1) is 0 Å². The molecule has 0 saturated carbocycles. The van der Waals surface area contributed by atoms with Gasteiger partial charge in [-0.3, -0.25) is 28.9 Å². The van der Waals surface area contributed by atoms with Gasteiger partial charge in [0.15, 0.2) is 0 Å². The van der Waals surface area contributed by atoms with E-state index in [1.54, 1.807) is 17.2 Å². The Morgan fingerprint density at radius 1 is 0.897 bits per heavy atom. The maximum absolute atomic E-state index is 16.1. The minimum atomic E-state index is -1.50. The molecular weight excluding hydrogens is 914 g/mol. The molecule has 0 aliphatic carbocycles. The fraction of sp³-hybridized carbons (Fsp3) is 0.520. The number of aromatic nitrogens is 1. The molecule has 3 aromatic rings. The quantitative estimate of drug-likeness (QED) is 0.0522. The number of benzene rings is 2. The number of thioether (sulfide) groups is 1. The average Bonchev–Trinajstić information content (AvgIpc) is 3.95. The number of nitrogens with one attached hydrogen (secondary N) is 2. The van der Waals surface area contributed by atoms with Crippen LogP contribution in [0.3, 0.4) is 0 Å². The molecule has 1 fully saturated rings. The Bertz CT molecular complexity index is 2250. The summed E-state index contributed by atoms with van der Waals surface area (Å²) in [6.07, 6.45) is 4.41. The number of carbonyl (C=O) groups excluding carboxylic acids is 6. The molecule has 18 heteroatoms. The van der Waals surface area contributed by atoms with Crippen molar-refractivity contribution in [3.8, 4) is 11.1 Å². The van der Waals surface area contributed by atoms with Crippen LogP contribution in [0.25, 0.3) is 11.1 Å². The predicted octanol–water partition coefficient (Wildman–Crippen LogP) is 7.98. The van der Waals surface area contributed by atoms with Crippen LogP contribution in [0.4, 0.5) is 18.0 Å². The lowest BCUT2D eigenvalue weighted by atomic mass is 9.82. The van der Waals surface area contributed by atoms with Crippen LogP contribution in [0.1, 0.15) is 70.2 Å². The molecule has 0 spiro atoms. The summed E-state index contributed by atoms with van der Waals surface area (Å²) in [7, 11) is -1.50. The molecule has 0 unspecified atom stereocenters. The number of carbonyl (C=O) groups is 6. The van der Waals surface area contributed by atoms with E-state index in [-0.39, 0.29) is 93.0 Å². The van der Waals surface area contributed by atoms with Crippen molar-refractivity contribution in [2.75, 3.05) is 57.4 Å². The van der Waals surface area contributed by atoms with Gasteiger partial charge in [0.05, 0.1) is 24.9 Å². The van der Waals surface area contributed by atoms with Crippen molar-refractivity contribution >= 4 is 55.5 Å². The van der Waals surface area contributed by atoms with Gasteiger partial charge in [-0.05, 0) is 54.1 Å². The summed E-state index contributed by atoms with van der Waals surface area (Å²) in [5, 5.41) is 5.56. The van der Waals surface area contributed by atoms with E-state index < -0.39 is 49.3 Å². The first-order chi connectivity index (χ1) is 32.2. The lowest BCUT2D eigenvalue weighted by Crippen LogP contribution is -2.46. The number of nitrogens with zero attached hydrogens (tertiary/aromatic N) is 4. The second kappa shape index (κ2) is 24.8. The van der Waals surface area contributed by atoms with Crippen molar-refractivity contribution in [3.05, 3.63) is 95.8 Å². The molecular formula is C50H67F3N6O7SSi. The van der Waals surface area contributed by atoms with Crippen molar-refractivity contribution in [1.82, 2.24) is 29.9 Å². The number of rotatable bonds is 24. The minimum absolute atomic E-state index is 0.0371. The molecule has 5 rings (SSSR count). The van der Waals surface area contributed by atoms with E-state index in [2.05, 4.69) is 30.3 Å². The summed E-state index contributed by atoms with van der Waals surface area (Å²) in [6.45, 7) is 13.6. The first-order valence-corrected chi connectivity index (χ1v) is 28.3. The highest BCUT2D eigenvalue weighted by Crippen LogP contribution is 2.42. The molecule has 370 valence electrons. The minimum Gasteiger partial charge on any atom is -0.450 e. The lowest BCUT2D eigenvalue weighted by Gasteiger charge is -2.42. The highest BCUT2D eigenvalue weighted by Gasteiger charge is 2.43. The number of imide groups is 1. The van der Waals surface area contributed by atoms with E-state index in [0.717, 1.165) is 29.8 Å². The molecule has 1 aromatic heterocycles. The van der Waals surface area contributed by atoms with Crippen molar-refractivity contribution < 1.29 is 46.7 Å². The molecule has 0 bridgehead atoms. The summed E-state index contributed by atoms with van der Waals surface area (Å²) < 4.78 is 53.6. The zero-order chi connectivity index (χ0) is 49.6. The number of hydrogen-bond acceptors (Lipinski definition) is 8. The van der Waals surface area contributed by atoms with E-state index in [9.17, 15) is 33.2 Å². The Kier molecular flexibility index (Phi) is 19.5. The summed E-state index contributed by atoms with van der Waals surface area (Å²) in [4.78, 5) is 80.5. The zero-order valence-corrected chi connectivity index (χ0v) is 42.0. The van der Waals surface area contributed by atoms with Crippen LogP contribution in [0.15, 0.2) is 72.9 Å². The highest BCUT2D eigenvalue weighted by molar-refractivity contribution is 7.99. The van der Waals surface area contributed by atoms with Crippen LogP contribution in [0, 0.1) is 23.0 Å². The maximum Gasteiger partial charge on any atom is 0.409 e. The van der Waals surface area contributed by atoms with E-state index in [4.69, 9.17) is 4.74 Å². The monoisotopic (exact) mass is 980 g/mol. The normalized spacial score (nSPS) is 16.6. The molecule has 1 saturated heterocycles. The molecule has 2 N–H and O–H groups in total. The Morgan fingerprint density at radius 3 is 2.24 bits per heavy atom. The van der Waals surface area contributed by atoms with Gasteiger partial charge in [0.25, 0.3) is 11.8 Å². The Hall–Kier alpha value is -5.36. The molecule has 2 aromatic carbocycles. The molecule has 6 amide bonds. The summed E-state index contributed by atoms with van der Waals surface area (Å²) >= 11 is 1.26. The summed E-state index contributed by atoms with van der Waals surface area (Å²) in [5.41, 5.74) is 1.34. The largest absolute Gasteiger partial charge is 0.450 e. The third-order valence-electron chi connectivity index (χ3n) is 11.9. The first-order valence-electron chi connectivity index (χ1n) is 23.4. The number of likely N-dealkylation sites (tertiary alicyclic amines) is 1. The van der Waals surface area contributed by atoms with Crippen LogP contribution >= 0.6 is 11.8 Å². The average molecular weight is 981 g/mol. The molecule has 2 aliphatic rings. The SMILES string of the molecule is CC(C)(C)[C@H](c1cc(-c2cc(F)ccc2F)cn1Cc1ccccc1)N(C[C@@H]1CN(C(=O)OCC[Si](C)(C)C)C[C@@H]1F)C(=O)CSCCC(=O)NCCNC(=O)CCCCCN1C(=O)C=CC1=O. The third-order valence-corrected chi connectivity index (χ3v) is 14.5. The first kappa shape index (κ1) is 53.6. The highest BCUT2D eigenvalue weighted by atomic mass is 32.2. The topological polar surface area (TPSA) is 150 Å². The van der Waals surface area contributed by atoms with E-state index in [1.165, 1.54) is 33.7 Å². The van der Waals surface area contributed by atoms with Gasteiger partial charge in [0.1, 0.15) is 17.8 Å². The van der Waals surface area contributed by atoms with Crippen LogP contribution in [0.5, 0.6) is 0 Å². The van der Waals surface area contributed by atoms with Crippen molar-refractivity contribution in [2.24, 2.45) is 11.3 Å². The van der Waals surface area contributed by atoms with Gasteiger partial charge < -0.3 is 29.7 Å². The molecule has 0 radical (unpaired) electrons. The Morgan fingerprint density at radius 2 is 1.57 bits per heavy atom. The standard InChI is InChI=1S/C50H67F3N6O7SSi/c1-50(2,3)48(42-27-36(39-28-38(51)16-17-40(39)52)30-56(42)29-35-13-9-7-10-14-35)59(32-37-31-57(33-41(37)53)49(65)66-24-26-68(4,5)6)47(64)34-67-25-20-44(61)55-22-21-54-43(60)15-11-8-12-23-58-45(62)18-19-46(58)63/h7,9-10,13-14,16-19,27-28,30,37,41,48H,8,11-12,15,20-26,29,31-34H2,1-6H3,(H,54,60)(H,55,61)/t37-,41-,48-/m0/s1. The molecule has 2 aliphatic heterocycles. The van der Waals surface area contributed by atoms with Gasteiger partial charge in [-0.2, -0.15) is 11.8 Å². The molecule has 68 heavy (non-hydrogen) atoms. The van der Waals surface area contributed by atoms with Crippen LogP contribution in [0.2, 0.25) is 25.7 Å². The molecule has 3 atom stereocenters. The number of halogens is 3. The fourth-order valence-electron chi connectivity index (χ4n) is 8.28. The van der Waals surface area contributed by atoms with E-state index >= 15 is 8.78 Å². The predicted molar refractivity (Wildman–Crippen MR) is 261 cm³/mol. The maximum atomic E-state index is 16.1. The van der Waals surface area contributed by atoms with E-state index in [1.807, 2.05) is 55.7 Å². The van der Waals surface area contributed by atoms with Crippen molar-refractivity contribution in [3.63, 3.8) is 0 Å². The number of ether oxygens (including phenoxy) is 1. The van der Waals surface area contributed by atoms with Gasteiger partial charge in [0, 0.05) is 107 Å². The third kappa shape index (κ3) is 16.1. The van der Waals surface area contributed by atoms with Crippen molar-refractivity contribution in [1.29, 1.82) is 0 Å². The van der Waals surface area contributed by atoms with Crippen LogP contribution in [-0.4, -0.2) is 127 Å². The second-order valence-electron chi connectivity index (χ2n) is 19.8. The number of alkyl halides is 1. The zero-order valence-electron chi connectivity index (χ0n) is 40.2. The van der Waals surface area contributed by atoms with Crippen LogP contribution < -0.4 is 10.6 Å². The second-order valence-corrected chi connectivity index (χ2v) is 26.5. The number of hydrogen-bond donors (Lipinski definition) is 2. The van der Waals surface area contributed by atoms with Gasteiger partial charge >= 0.3 is 6.09 Å². The Labute approximate surface area is 403 Å². The molecule has 3 heterocycles.